The highest BCUT2D eigenvalue weighted by Crippen LogP contribution is 2.21. The average molecular weight is 413 g/mol. The summed E-state index contributed by atoms with van der Waals surface area (Å²) in [7, 11) is 0. The topological polar surface area (TPSA) is 110 Å². The Morgan fingerprint density at radius 3 is 2.86 bits per heavy atom. The molecular formula is C18H19N7O3S. The van der Waals surface area contributed by atoms with Gasteiger partial charge in [-0.2, -0.15) is 0 Å². The Bertz CT molecular complexity index is 1030. The molecule has 1 aliphatic heterocycles. The summed E-state index contributed by atoms with van der Waals surface area (Å²) in [6.45, 7) is 4.49. The van der Waals surface area contributed by atoms with Crippen LogP contribution in [-0.4, -0.2) is 61.9 Å². The molecule has 2 aromatic heterocycles. The van der Waals surface area contributed by atoms with Crippen molar-refractivity contribution in [2.75, 3.05) is 31.1 Å². The van der Waals surface area contributed by atoms with Crippen molar-refractivity contribution < 1.29 is 9.72 Å². The number of amides is 1. The van der Waals surface area contributed by atoms with E-state index in [4.69, 9.17) is 0 Å². The maximum atomic E-state index is 13.1. The molecule has 150 valence electrons. The van der Waals surface area contributed by atoms with E-state index in [1.54, 1.807) is 41.5 Å². The average Bonchev–Trinajstić information content (AvgIpc) is 3.32. The van der Waals surface area contributed by atoms with Gasteiger partial charge in [0, 0.05) is 49.9 Å². The number of hydrogen-bond donors (Lipinski definition) is 0. The summed E-state index contributed by atoms with van der Waals surface area (Å²) in [6, 6.07) is 6.10. The number of thiazole rings is 1. The van der Waals surface area contributed by atoms with Gasteiger partial charge in [-0.3, -0.25) is 14.9 Å². The highest BCUT2D eigenvalue weighted by molar-refractivity contribution is 7.13. The number of hydrogen-bond acceptors (Lipinski definition) is 8. The van der Waals surface area contributed by atoms with Crippen LogP contribution in [0.1, 0.15) is 22.6 Å². The zero-order valence-corrected chi connectivity index (χ0v) is 16.6. The monoisotopic (exact) mass is 413 g/mol. The second-order valence-electron chi connectivity index (χ2n) is 6.66. The van der Waals surface area contributed by atoms with Crippen LogP contribution in [0, 0.1) is 17.0 Å². The molecule has 3 aromatic rings. The molecule has 1 saturated heterocycles. The van der Waals surface area contributed by atoms with Gasteiger partial charge in [-0.05, 0) is 19.4 Å². The largest absolute Gasteiger partial charge is 0.346 e. The second-order valence-corrected chi connectivity index (χ2v) is 7.53. The maximum absolute atomic E-state index is 13.1. The molecule has 0 bridgehead atoms. The Kier molecular flexibility index (Phi) is 5.21. The normalized spacial score (nSPS) is 14.7. The zero-order valence-electron chi connectivity index (χ0n) is 15.8. The van der Waals surface area contributed by atoms with Gasteiger partial charge >= 0.3 is 0 Å². The van der Waals surface area contributed by atoms with Gasteiger partial charge in [0.15, 0.2) is 10.8 Å². The number of carbonyl (C=O) groups is 1. The molecule has 0 unspecified atom stereocenters. The van der Waals surface area contributed by atoms with Crippen LogP contribution in [0.25, 0.3) is 5.69 Å². The lowest BCUT2D eigenvalue weighted by Gasteiger charge is -2.21. The number of carbonyl (C=O) groups excluding carboxylic acids is 1. The highest BCUT2D eigenvalue weighted by atomic mass is 32.1. The molecule has 1 fully saturated rings. The Morgan fingerprint density at radius 2 is 2.10 bits per heavy atom. The number of nitrogens with zero attached hydrogens (tertiary/aromatic N) is 7. The standard InChI is InChI=1S/C18H19N7O3S/c1-13-16(20-21-24(13)14-4-2-5-15(12-14)25(27)28)17(26)22-7-3-8-23(10-9-22)18-19-6-11-29-18/h2,4-6,11-12H,3,7-10H2,1H3. The third-order valence-electron chi connectivity index (χ3n) is 4.86. The van der Waals surface area contributed by atoms with Gasteiger partial charge in [0.2, 0.25) is 0 Å². The van der Waals surface area contributed by atoms with Gasteiger partial charge in [0.25, 0.3) is 11.6 Å². The van der Waals surface area contributed by atoms with Crippen LogP contribution in [0.3, 0.4) is 0 Å². The van der Waals surface area contributed by atoms with Gasteiger partial charge in [0.1, 0.15) is 0 Å². The number of non-ortho nitro benzene ring substituents is 1. The van der Waals surface area contributed by atoms with Crippen LogP contribution in [0.5, 0.6) is 0 Å². The molecule has 0 atom stereocenters. The molecule has 0 saturated carbocycles. The van der Waals surface area contributed by atoms with E-state index < -0.39 is 4.92 Å². The summed E-state index contributed by atoms with van der Waals surface area (Å²) in [4.78, 5) is 31.9. The second kappa shape index (κ2) is 7.95. The van der Waals surface area contributed by atoms with E-state index in [1.165, 1.54) is 16.8 Å². The van der Waals surface area contributed by atoms with E-state index in [0.29, 0.717) is 31.0 Å². The summed E-state index contributed by atoms with van der Waals surface area (Å²) in [5, 5.41) is 22.1. The van der Waals surface area contributed by atoms with Crippen LogP contribution >= 0.6 is 11.3 Å². The van der Waals surface area contributed by atoms with E-state index in [1.807, 2.05) is 5.38 Å². The van der Waals surface area contributed by atoms with Gasteiger partial charge in [-0.25, -0.2) is 9.67 Å². The molecular weight excluding hydrogens is 394 g/mol. The minimum Gasteiger partial charge on any atom is -0.346 e. The first-order chi connectivity index (χ1) is 14.0. The minimum absolute atomic E-state index is 0.0416. The van der Waals surface area contributed by atoms with Crippen LogP contribution in [0.4, 0.5) is 10.8 Å². The van der Waals surface area contributed by atoms with Gasteiger partial charge in [-0.15, -0.1) is 16.4 Å². The summed E-state index contributed by atoms with van der Waals surface area (Å²) in [5.41, 5.74) is 1.27. The molecule has 0 spiro atoms. The molecule has 3 heterocycles. The fraction of sp³-hybridized carbons (Fsp3) is 0.333. The van der Waals surface area contributed by atoms with Crippen LogP contribution in [-0.2, 0) is 0 Å². The van der Waals surface area contributed by atoms with Crippen molar-refractivity contribution in [2.45, 2.75) is 13.3 Å². The van der Waals surface area contributed by atoms with Gasteiger partial charge in [0.05, 0.1) is 16.3 Å². The molecule has 0 aliphatic carbocycles. The highest BCUT2D eigenvalue weighted by Gasteiger charge is 2.26. The first kappa shape index (κ1) is 19.0. The number of nitro benzene ring substituents is 1. The lowest BCUT2D eigenvalue weighted by molar-refractivity contribution is -0.384. The quantitative estimate of drug-likeness (QED) is 0.477. The number of aromatic nitrogens is 4. The molecule has 1 aliphatic rings. The maximum Gasteiger partial charge on any atom is 0.276 e. The summed E-state index contributed by atoms with van der Waals surface area (Å²) < 4.78 is 1.46. The third kappa shape index (κ3) is 3.81. The summed E-state index contributed by atoms with van der Waals surface area (Å²) >= 11 is 1.59. The van der Waals surface area contributed by atoms with Gasteiger partial charge in [-0.1, -0.05) is 11.3 Å². The molecule has 11 heteroatoms. The van der Waals surface area contributed by atoms with E-state index in [-0.39, 0.29) is 17.3 Å². The minimum atomic E-state index is -0.465. The molecule has 29 heavy (non-hydrogen) atoms. The van der Waals surface area contributed by atoms with Crippen molar-refractivity contribution in [1.29, 1.82) is 0 Å². The predicted octanol–water partition coefficient (Wildman–Crippen LogP) is 2.29. The summed E-state index contributed by atoms with van der Waals surface area (Å²) in [6.07, 6.45) is 2.62. The van der Waals surface area contributed by atoms with E-state index in [9.17, 15) is 14.9 Å². The van der Waals surface area contributed by atoms with Crippen LogP contribution in [0.15, 0.2) is 35.8 Å². The Labute approximate surface area is 170 Å². The zero-order chi connectivity index (χ0) is 20.4. The summed E-state index contributed by atoms with van der Waals surface area (Å²) in [5.74, 6) is -0.180. The first-order valence-electron chi connectivity index (χ1n) is 9.15. The number of benzene rings is 1. The fourth-order valence-corrected chi connectivity index (χ4v) is 4.04. The lowest BCUT2D eigenvalue weighted by Crippen LogP contribution is -2.35. The SMILES string of the molecule is Cc1c(C(=O)N2CCCN(c3nccs3)CC2)nnn1-c1cccc([N+](=O)[O-])c1. The van der Waals surface area contributed by atoms with Crippen molar-refractivity contribution in [2.24, 2.45) is 0 Å². The molecule has 0 radical (unpaired) electrons. The Balaban J connectivity index is 1.53. The van der Waals surface area contributed by atoms with Crippen LogP contribution < -0.4 is 4.90 Å². The van der Waals surface area contributed by atoms with Crippen molar-refractivity contribution in [3.8, 4) is 5.69 Å². The Morgan fingerprint density at radius 1 is 1.24 bits per heavy atom. The van der Waals surface area contributed by atoms with E-state index >= 15 is 0 Å². The first-order valence-corrected chi connectivity index (χ1v) is 10.0. The van der Waals surface area contributed by atoms with Crippen LogP contribution in [0.2, 0.25) is 0 Å². The third-order valence-corrected chi connectivity index (χ3v) is 5.69. The van der Waals surface area contributed by atoms with Crippen molar-refractivity contribution in [1.82, 2.24) is 24.9 Å². The molecule has 0 N–H and O–H groups in total. The smallest absolute Gasteiger partial charge is 0.276 e. The number of nitro groups is 1. The van der Waals surface area contributed by atoms with Crippen molar-refractivity contribution in [3.63, 3.8) is 0 Å². The van der Waals surface area contributed by atoms with Crippen molar-refractivity contribution >= 4 is 28.1 Å². The lowest BCUT2D eigenvalue weighted by atomic mass is 10.2. The number of anilines is 1. The Hall–Kier alpha value is -3.34. The van der Waals surface area contributed by atoms with Crippen molar-refractivity contribution in [3.05, 3.63) is 57.3 Å². The molecule has 10 nitrogen and oxygen atoms in total. The molecule has 4 rings (SSSR count). The molecule has 1 aromatic carbocycles. The van der Waals surface area contributed by atoms with E-state index in [2.05, 4.69) is 20.2 Å². The molecule has 1 amide bonds. The fourth-order valence-electron chi connectivity index (χ4n) is 3.34. The van der Waals surface area contributed by atoms with E-state index in [0.717, 1.165) is 18.1 Å². The number of rotatable bonds is 4. The predicted molar refractivity (Wildman–Crippen MR) is 108 cm³/mol. The van der Waals surface area contributed by atoms with Gasteiger partial charge < -0.3 is 9.80 Å².